The van der Waals surface area contributed by atoms with E-state index in [0.29, 0.717) is 24.3 Å². The Morgan fingerprint density at radius 2 is 2.25 bits per heavy atom. The van der Waals surface area contributed by atoms with Gasteiger partial charge in [0.05, 0.1) is 0 Å². The molecule has 1 fully saturated rings. The van der Waals surface area contributed by atoms with Crippen molar-refractivity contribution in [1.82, 2.24) is 4.90 Å². The van der Waals surface area contributed by atoms with E-state index in [0.717, 1.165) is 38.6 Å². The number of carbonyl (C=O) groups is 1. The summed E-state index contributed by atoms with van der Waals surface area (Å²) in [4.78, 5) is 14.0. The van der Waals surface area contributed by atoms with Gasteiger partial charge in [0.25, 0.3) is 0 Å². The molecule has 3 nitrogen and oxygen atoms in total. The average Bonchev–Trinajstić information content (AvgIpc) is 2.71. The Bertz CT molecular complexity index is 216. The van der Waals surface area contributed by atoms with Crippen LogP contribution in [0.5, 0.6) is 0 Å². The van der Waals surface area contributed by atoms with Gasteiger partial charge < -0.3 is 10.0 Å². The molecule has 1 N–H and O–H groups in total. The van der Waals surface area contributed by atoms with E-state index in [1.807, 2.05) is 4.90 Å². The van der Waals surface area contributed by atoms with Crippen LogP contribution in [0.15, 0.2) is 0 Å². The standard InChI is InChI=1S/C13H25NO2/c1-11(2)7-8-13(16)14-9-3-5-12(14)6-4-10-15/h11-12,15H,3-10H2,1-2H3. The van der Waals surface area contributed by atoms with Crippen molar-refractivity contribution in [3.8, 4) is 0 Å². The third kappa shape index (κ3) is 4.12. The highest BCUT2D eigenvalue weighted by molar-refractivity contribution is 5.76. The quantitative estimate of drug-likeness (QED) is 0.755. The van der Waals surface area contributed by atoms with E-state index in [1.54, 1.807) is 0 Å². The number of nitrogens with zero attached hydrogens (tertiary/aromatic N) is 1. The molecule has 1 aliphatic rings. The fourth-order valence-corrected chi connectivity index (χ4v) is 2.35. The van der Waals surface area contributed by atoms with Gasteiger partial charge in [-0.1, -0.05) is 13.8 Å². The second kappa shape index (κ2) is 6.89. The third-order valence-corrected chi connectivity index (χ3v) is 3.33. The summed E-state index contributed by atoms with van der Waals surface area (Å²) >= 11 is 0. The first-order chi connectivity index (χ1) is 7.65. The molecule has 94 valence electrons. The molecule has 0 aromatic rings. The molecule has 0 radical (unpaired) electrons. The van der Waals surface area contributed by atoms with Crippen LogP contribution in [-0.2, 0) is 4.79 Å². The highest BCUT2D eigenvalue weighted by atomic mass is 16.3. The van der Waals surface area contributed by atoms with Crippen molar-refractivity contribution < 1.29 is 9.90 Å². The van der Waals surface area contributed by atoms with E-state index in [4.69, 9.17) is 5.11 Å². The van der Waals surface area contributed by atoms with Crippen LogP contribution < -0.4 is 0 Å². The summed E-state index contributed by atoms with van der Waals surface area (Å²) in [7, 11) is 0. The van der Waals surface area contributed by atoms with E-state index in [9.17, 15) is 4.79 Å². The molecule has 1 atom stereocenters. The number of aliphatic hydroxyl groups excluding tert-OH is 1. The zero-order chi connectivity index (χ0) is 12.0. The number of hydrogen-bond donors (Lipinski definition) is 1. The van der Waals surface area contributed by atoms with Crippen LogP contribution in [0.1, 0.15) is 52.4 Å². The predicted octanol–water partition coefficient (Wildman–Crippen LogP) is 2.19. The molecule has 1 saturated heterocycles. The number of amides is 1. The summed E-state index contributed by atoms with van der Waals surface area (Å²) in [5.41, 5.74) is 0. The molecule has 1 unspecified atom stereocenters. The van der Waals surface area contributed by atoms with E-state index in [1.165, 1.54) is 0 Å². The van der Waals surface area contributed by atoms with E-state index >= 15 is 0 Å². The van der Waals surface area contributed by atoms with Gasteiger partial charge in [-0.3, -0.25) is 4.79 Å². The fourth-order valence-electron chi connectivity index (χ4n) is 2.35. The zero-order valence-corrected chi connectivity index (χ0v) is 10.6. The second-order valence-electron chi connectivity index (χ2n) is 5.18. The summed E-state index contributed by atoms with van der Waals surface area (Å²) in [5, 5.41) is 8.82. The molecule has 0 aromatic heterocycles. The SMILES string of the molecule is CC(C)CCC(=O)N1CCCC1CCCO. The van der Waals surface area contributed by atoms with Crippen molar-refractivity contribution in [3.63, 3.8) is 0 Å². The maximum absolute atomic E-state index is 12.0. The molecular weight excluding hydrogens is 202 g/mol. The summed E-state index contributed by atoms with van der Waals surface area (Å²) in [6.07, 6.45) is 5.70. The van der Waals surface area contributed by atoms with Gasteiger partial charge >= 0.3 is 0 Å². The van der Waals surface area contributed by atoms with Crippen molar-refractivity contribution in [2.75, 3.05) is 13.2 Å². The van der Waals surface area contributed by atoms with E-state index in [-0.39, 0.29) is 6.61 Å². The molecule has 0 saturated carbocycles. The summed E-state index contributed by atoms with van der Waals surface area (Å²) in [6, 6.07) is 0.395. The van der Waals surface area contributed by atoms with Crippen LogP contribution in [-0.4, -0.2) is 35.1 Å². The average molecular weight is 227 g/mol. The Balaban J connectivity index is 2.35. The molecule has 1 aliphatic heterocycles. The fraction of sp³-hybridized carbons (Fsp3) is 0.923. The Morgan fingerprint density at radius 3 is 2.88 bits per heavy atom. The lowest BCUT2D eigenvalue weighted by Crippen LogP contribution is -2.35. The highest BCUT2D eigenvalue weighted by Gasteiger charge is 2.27. The zero-order valence-electron chi connectivity index (χ0n) is 10.6. The second-order valence-corrected chi connectivity index (χ2v) is 5.18. The van der Waals surface area contributed by atoms with Crippen LogP contribution in [0.3, 0.4) is 0 Å². The van der Waals surface area contributed by atoms with Gasteiger partial charge in [0.2, 0.25) is 5.91 Å². The highest BCUT2D eigenvalue weighted by Crippen LogP contribution is 2.22. The largest absolute Gasteiger partial charge is 0.396 e. The van der Waals surface area contributed by atoms with Crippen molar-refractivity contribution in [1.29, 1.82) is 0 Å². The molecule has 3 heteroatoms. The summed E-state index contributed by atoms with van der Waals surface area (Å²) in [6.45, 7) is 5.47. The molecule has 1 heterocycles. The molecule has 0 aliphatic carbocycles. The van der Waals surface area contributed by atoms with Crippen LogP contribution in [0, 0.1) is 5.92 Å². The van der Waals surface area contributed by atoms with Gasteiger partial charge in [0.15, 0.2) is 0 Å². The minimum Gasteiger partial charge on any atom is -0.396 e. The summed E-state index contributed by atoms with van der Waals surface area (Å²) < 4.78 is 0. The van der Waals surface area contributed by atoms with Gasteiger partial charge in [-0.15, -0.1) is 0 Å². The minimum absolute atomic E-state index is 0.241. The maximum atomic E-state index is 12.0. The third-order valence-electron chi connectivity index (χ3n) is 3.33. The number of hydrogen-bond acceptors (Lipinski definition) is 2. The van der Waals surface area contributed by atoms with Gasteiger partial charge in [0.1, 0.15) is 0 Å². The number of likely N-dealkylation sites (tertiary alicyclic amines) is 1. The van der Waals surface area contributed by atoms with Crippen molar-refractivity contribution >= 4 is 5.91 Å². The minimum atomic E-state index is 0.241. The van der Waals surface area contributed by atoms with Crippen molar-refractivity contribution in [3.05, 3.63) is 0 Å². The number of aliphatic hydroxyl groups is 1. The molecule has 1 rings (SSSR count). The molecule has 16 heavy (non-hydrogen) atoms. The van der Waals surface area contributed by atoms with E-state index in [2.05, 4.69) is 13.8 Å². The Morgan fingerprint density at radius 1 is 1.50 bits per heavy atom. The first kappa shape index (κ1) is 13.5. The molecular formula is C13H25NO2. The van der Waals surface area contributed by atoms with Crippen molar-refractivity contribution in [2.24, 2.45) is 5.92 Å². The van der Waals surface area contributed by atoms with Crippen LogP contribution in [0.4, 0.5) is 0 Å². The first-order valence-electron chi connectivity index (χ1n) is 6.55. The van der Waals surface area contributed by atoms with Gasteiger partial charge in [0, 0.05) is 25.6 Å². The Kier molecular flexibility index (Phi) is 5.81. The molecule has 0 bridgehead atoms. The molecule has 0 spiro atoms. The lowest BCUT2D eigenvalue weighted by atomic mass is 10.1. The van der Waals surface area contributed by atoms with Gasteiger partial charge in [-0.05, 0) is 38.0 Å². The topological polar surface area (TPSA) is 40.5 Å². The Labute approximate surface area is 98.8 Å². The maximum Gasteiger partial charge on any atom is 0.222 e. The molecule has 1 amide bonds. The van der Waals surface area contributed by atoms with Crippen LogP contribution in [0.25, 0.3) is 0 Å². The smallest absolute Gasteiger partial charge is 0.222 e. The van der Waals surface area contributed by atoms with Gasteiger partial charge in [-0.2, -0.15) is 0 Å². The predicted molar refractivity (Wildman–Crippen MR) is 65.1 cm³/mol. The van der Waals surface area contributed by atoms with Crippen molar-refractivity contribution in [2.45, 2.75) is 58.4 Å². The van der Waals surface area contributed by atoms with Crippen LogP contribution >= 0.6 is 0 Å². The summed E-state index contributed by atoms with van der Waals surface area (Å²) in [5.74, 6) is 0.914. The Hall–Kier alpha value is -0.570. The monoisotopic (exact) mass is 227 g/mol. The van der Waals surface area contributed by atoms with E-state index < -0.39 is 0 Å². The number of rotatable bonds is 6. The normalized spacial score (nSPS) is 20.8. The first-order valence-corrected chi connectivity index (χ1v) is 6.55. The number of carbonyl (C=O) groups excluding carboxylic acids is 1. The lowest BCUT2D eigenvalue weighted by molar-refractivity contribution is -0.132. The lowest BCUT2D eigenvalue weighted by Gasteiger charge is -2.25. The van der Waals surface area contributed by atoms with Gasteiger partial charge in [-0.25, -0.2) is 0 Å². The van der Waals surface area contributed by atoms with Crippen LogP contribution in [0.2, 0.25) is 0 Å². The molecule has 0 aromatic carbocycles.